The number of methoxy groups -OCH3 is 1. The van der Waals surface area contributed by atoms with E-state index in [2.05, 4.69) is 32.3 Å². The Hall–Kier alpha value is -6.41. The Kier molecular flexibility index (Phi) is 33.5. The van der Waals surface area contributed by atoms with Crippen LogP contribution in [0.2, 0.25) is 25.1 Å². The van der Waals surface area contributed by atoms with Gasteiger partial charge in [0.2, 0.25) is 11.8 Å². The van der Waals surface area contributed by atoms with E-state index in [1.807, 2.05) is 121 Å². The number of ketones is 4. The number of ether oxygens (including phenoxy) is 1. The summed E-state index contributed by atoms with van der Waals surface area (Å²) in [5.74, 6) is -5.79. The number of hydrogen-bond acceptors (Lipinski definition) is 8. The average molecular weight is 1940 g/mol. The van der Waals surface area contributed by atoms with E-state index in [1.165, 1.54) is 96.1 Å². The predicted molar refractivity (Wildman–Crippen MR) is 495 cm³/mol. The number of aliphatic hydroxyl groups is 2. The monoisotopic (exact) mass is 1930 g/mol. The molecule has 1 amide bonds. The Morgan fingerprint density at radius 2 is 0.816 bits per heavy atom. The molecular weight excluding hydrogens is 1820 g/mol. The summed E-state index contributed by atoms with van der Waals surface area (Å²) < 4.78 is 96.4. The van der Waals surface area contributed by atoms with Gasteiger partial charge in [-0.15, -0.1) is 0 Å². The van der Waals surface area contributed by atoms with Gasteiger partial charge in [-0.3, -0.25) is 24.0 Å². The van der Waals surface area contributed by atoms with E-state index >= 15 is 0 Å². The van der Waals surface area contributed by atoms with Gasteiger partial charge in [-0.25, -0.2) is 26.3 Å². The number of nitrogens with zero attached hydrogens (tertiary/aromatic N) is 5. The Balaban J connectivity index is 0.000000134. The van der Waals surface area contributed by atoms with Crippen molar-refractivity contribution in [2.45, 2.75) is 286 Å². The zero-order valence-corrected chi connectivity index (χ0v) is 77.6. The van der Waals surface area contributed by atoms with Crippen LogP contribution in [0.1, 0.15) is 324 Å². The van der Waals surface area contributed by atoms with Crippen molar-refractivity contribution in [3.05, 3.63) is 201 Å². The molecule has 26 heteroatoms. The van der Waals surface area contributed by atoms with Crippen LogP contribution in [-0.4, -0.2) is 111 Å². The normalized spacial score (nSPS) is 20.1. The summed E-state index contributed by atoms with van der Waals surface area (Å²) >= 11 is 33.9. The zero-order chi connectivity index (χ0) is 88.9. The van der Waals surface area contributed by atoms with Gasteiger partial charge in [-0.2, -0.15) is 0 Å². The molecule has 0 spiro atoms. The van der Waals surface area contributed by atoms with Crippen molar-refractivity contribution in [3.63, 3.8) is 0 Å². The average Bonchev–Trinajstić information content (AvgIpc) is 1.64. The molecule has 0 bridgehead atoms. The molecule has 7 fully saturated rings. The molecule has 0 saturated heterocycles. The van der Waals surface area contributed by atoms with Gasteiger partial charge in [-0.1, -0.05) is 148 Å². The molecule has 0 aromatic carbocycles. The number of halogens is 12. The van der Waals surface area contributed by atoms with Crippen molar-refractivity contribution in [2.75, 3.05) is 26.9 Å². The first kappa shape index (κ1) is 96.2. The fourth-order valence-electron chi connectivity index (χ4n) is 19.7. The van der Waals surface area contributed by atoms with Crippen LogP contribution in [0, 0.1) is 33.3 Å². The highest BCUT2D eigenvalue weighted by Crippen LogP contribution is 2.48. The number of nitrogens with one attached hydrogen (secondary N) is 1. The summed E-state index contributed by atoms with van der Waals surface area (Å²) in [4.78, 5) is 64.0. The molecule has 125 heavy (non-hydrogen) atoms. The number of hydrogen-bond donors (Lipinski definition) is 3. The quantitative estimate of drug-likeness (QED) is 0.0208. The number of aromatic nitrogens is 5. The zero-order valence-electron chi connectivity index (χ0n) is 71.7. The molecule has 10 aromatic heterocycles. The predicted octanol–water partition coefficient (Wildman–Crippen LogP) is 27.8. The summed E-state index contributed by atoms with van der Waals surface area (Å²) in [7, 11) is 1.69. The highest BCUT2D eigenvalue weighted by Gasteiger charge is 2.48. The SMILES string of the molecule is CC1CC(O)(CCC(=O)c2cc(C3CCC3)n3cccc(Cl)c23)CCC1(F)F.COCCc1cc(C(=O)CCC2CCCCC2)c2c(Cl)cccn12.O=C(CCC1CCC(F)(F)CC1)c1cc(C2CCC2)n2cccc(Cl)c12.O=C(CCC1CCCCCC1)c1cc(CCO)n2cccc(Cl)c12.O=C(NCC1CCC(F)(F)CC1)c1cc(I)n2cccc(Cl)c12. The van der Waals surface area contributed by atoms with E-state index in [1.54, 1.807) is 25.3 Å². The van der Waals surface area contributed by atoms with Gasteiger partial charge < -0.3 is 42.3 Å². The standard InChI is InChI=1S/C22H26ClF2NO2.C21H24ClF2NO.2C20H26ClNO2.C16H16ClF2IN2O/c1-14-13-21(28,9-10-22(14,24)25)8-7-19(27)16-12-18(15-4-2-5-15)26-11-3-6-17(23)20(16)26;22-17-5-2-12-25-18(15-3-1-4-15)13-16(20(17)25)19(26)7-6-14-8-10-21(23,24)11-9-14;1-24-13-11-16-14-17(20-18(21)8-5-12-22(16)20)19(23)10-9-15-6-3-2-4-7-15;21-18-8-5-12-22-16(11-13-23)14-17(20(18)22)19(24)10-9-15-6-3-1-2-4-7-15;17-12-2-1-7-22-13(20)8-11(14(12)22)15(23)21-9-10-3-5-16(18,19)6-4-10/h3,6,11-12,14-15,28H,2,4-5,7-10,13H2,1H3;2,5,12-15H,1,3-4,6-11H2;5,8,12,14-15H,2-4,6-7,9-11,13H2,1H3;5,8,12,14-15,23H,1-4,6-7,9-11,13H2;1-2,7-8,10H,3-6,9H2,(H,21,23). The van der Waals surface area contributed by atoms with E-state index < -0.39 is 29.3 Å². The maximum absolute atomic E-state index is 13.7. The molecule has 17 rings (SSSR count). The number of carbonyl (C=O) groups is 5. The van der Waals surface area contributed by atoms with E-state index in [0.29, 0.717) is 147 Å². The largest absolute Gasteiger partial charge is 0.396 e. The molecule has 676 valence electrons. The molecule has 10 aromatic rings. The lowest BCUT2D eigenvalue weighted by atomic mass is 9.74. The molecule has 10 heterocycles. The van der Waals surface area contributed by atoms with Crippen molar-refractivity contribution in [1.29, 1.82) is 0 Å². The van der Waals surface area contributed by atoms with E-state index in [-0.39, 0.29) is 105 Å². The number of Topliss-reactive ketones (excluding diaryl/α,β-unsaturated/α-hetero) is 4. The van der Waals surface area contributed by atoms with Gasteiger partial charge in [0.15, 0.2) is 23.1 Å². The van der Waals surface area contributed by atoms with Crippen LogP contribution >= 0.6 is 80.6 Å². The van der Waals surface area contributed by atoms with E-state index in [0.717, 1.165) is 93.8 Å². The third-order valence-electron chi connectivity index (χ3n) is 27.7. The Morgan fingerprint density at radius 3 is 1.22 bits per heavy atom. The Morgan fingerprint density at radius 1 is 0.448 bits per heavy atom. The lowest BCUT2D eigenvalue weighted by Gasteiger charge is -2.40. The van der Waals surface area contributed by atoms with Gasteiger partial charge in [0.05, 0.1) is 74.2 Å². The highest BCUT2D eigenvalue weighted by molar-refractivity contribution is 14.1. The van der Waals surface area contributed by atoms with E-state index in [9.17, 15) is 60.5 Å². The summed E-state index contributed by atoms with van der Waals surface area (Å²) in [5, 5.41) is 25.8. The summed E-state index contributed by atoms with van der Waals surface area (Å²) in [5.41, 5.74) is 10.2. The first-order valence-corrected chi connectivity index (χ1v) is 48.4. The second-order valence-electron chi connectivity index (χ2n) is 36.4. The van der Waals surface area contributed by atoms with Gasteiger partial charge in [-0.05, 0) is 239 Å². The molecule has 0 radical (unpaired) electrons. The first-order chi connectivity index (χ1) is 59.9. The molecule has 7 saturated carbocycles. The van der Waals surface area contributed by atoms with E-state index in [4.69, 9.17) is 62.7 Å². The fraction of sp³-hybridized carbons (Fsp3) is 0.545. The second-order valence-corrected chi connectivity index (χ2v) is 39.5. The minimum absolute atomic E-state index is 0.0257. The lowest BCUT2D eigenvalue weighted by molar-refractivity contribution is -0.142. The van der Waals surface area contributed by atoms with Crippen LogP contribution in [0.15, 0.2) is 122 Å². The van der Waals surface area contributed by atoms with Gasteiger partial charge in [0.25, 0.3) is 11.8 Å². The molecule has 2 unspecified atom stereocenters. The van der Waals surface area contributed by atoms with Crippen molar-refractivity contribution in [2.24, 2.45) is 29.6 Å². The number of rotatable bonds is 26. The number of fused-ring (bicyclic) bond motifs is 5. The number of pyridine rings is 5. The van der Waals surface area contributed by atoms with Gasteiger partial charge >= 0.3 is 0 Å². The smallest absolute Gasteiger partial charge is 0.253 e. The molecular formula is C99H118Cl5F6IN6O8. The maximum atomic E-state index is 13.7. The Labute approximate surface area is 768 Å². The highest BCUT2D eigenvalue weighted by atomic mass is 127. The lowest BCUT2D eigenvalue weighted by Crippen LogP contribution is -2.44. The summed E-state index contributed by atoms with van der Waals surface area (Å²) in [6.07, 6.45) is 38.3. The maximum Gasteiger partial charge on any atom is 0.253 e. The minimum atomic E-state index is -2.74. The van der Waals surface area contributed by atoms with Gasteiger partial charge in [0.1, 0.15) is 0 Å². The molecule has 3 N–H and O–H groups in total. The van der Waals surface area contributed by atoms with Crippen molar-refractivity contribution in [3.8, 4) is 0 Å². The summed E-state index contributed by atoms with van der Waals surface area (Å²) in [6, 6.07) is 28.1. The molecule has 7 aliphatic carbocycles. The van der Waals surface area contributed by atoms with Gasteiger partial charge in [0, 0.05) is 173 Å². The summed E-state index contributed by atoms with van der Waals surface area (Å²) in [6.45, 7) is 2.59. The third-order valence-corrected chi connectivity index (χ3v) is 30.1. The number of carbonyl (C=O) groups excluding carboxylic acids is 5. The topological polar surface area (TPSA) is 169 Å². The van der Waals surface area contributed by atoms with Crippen LogP contribution in [0.4, 0.5) is 26.3 Å². The number of amides is 1. The minimum Gasteiger partial charge on any atom is -0.396 e. The van der Waals surface area contributed by atoms with Crippen LogP contribution in [0.3, 0.4) is 0 Å². The number of aliphatic hydroxyl groups excluding tert-OH is 1. The van der Waals surface area contributed by atoms with Crippen LogP contribution in [0.5, 0.6) is 0 Å². The molecule has 0 aliphatic heterocycles. The molecule has 2 atom stereocenters. The third kappa shape index (κ3) is 24.1. The second kappa shape index (κ2) is 43.5. The first-order valence-electron chi connectivity index (χ1n) is 45.4. The van der Waals surface area contributed by atoms with Crippen molar-refractivity contribution >= 4 is 137 Å². The van der Waals surface area contributed by atoms with Crippen LogP contribution in [0.25, 0.3) is 27.6 Å². The van der Waals surface area contributed by atoms with Crippen LogP contribution < -0.4 is 5.32 Å². The number of alkyl halides is 6. The van der Waals surface area contributed by atoms with Crippen molar-refractivity contribution < 1.29 is 65.3 Å². The Bertz CT molecular complexity index is 5390. The molecule has 14 nitrogen and oxygen atoms in total. The van der Waals surface area contributed by atoms with Crippen LogP contribution in [-0.2, 0) is 17.6 Å². The fourth-order valence-corrected chi connectivity index (χ4v) is 21.8. The molecule has 7 aliphatic rings. The van der Waals surface area contributed by atoms with Crippen molar-refractivity contribution in [1.82, 2.24) is 27.3 Å².